The minimum Gasteiger partial charge on any atom is -0.383 e. The van der Waals surface area contributed by atoms with Gasteiger partial charge in [0.2, 0.25) is 0 Å². The second-order valence-electron chi connectivity index (χ2n) is 7.68. The summed E-state index contributed by atoms with van der Waals surface area (Å²) in [6.45, 7) is 4.00. The van der Waals surface area contributed by atoms with Crippen LogP contribution in [-0.4, -0.2) is 46.8 Å². The second-order valence-corrected chi connectivity index (χ2v) is 8.11. The minimum atomic E-state index is -0.531. The molecule has 3 aromatic rings. The van der Waals surface area contributed by atoms with Crippen molar-refractivity contribution in [2.24, 2.45) is 0 Å². The molecule has 1 aromatic carbocycles. The standard InChI is InChI=1S/C24H23ClN4O4/c1-4-16-8-10-27(11-9-16)21-20(22(30)28(24(21)32)12-13-33-3)19-15(2)26-29(23(19)31)18-7-5-6-17(25)14-18/h5-11,14H,4,12-13H2,1-3H3/p+1. The third kappa shape index (κ3) is 4.03. The highest BCUT2D eigenvalue weighted by Crippen LogP contribution is 2.29. The van der Waals surface area contributed by atoms with Crippen molar-refractivity contribution in [2.75, 3.05) is 20.3 Å². The van der Waals surface area contributed by atoms with Crippen molar-refractivity contribution in [3.05, 3.63) is 81.0 Å². The monoisotopic (exact) mass is 467 g/mol. The zero-order valence-electron chi connectivity index (χ0n) is 18.6. The van der Waals surface area contributed by atoms with Gasteiger partial charge in [-0.2, -0.15) is 4.57 Å². The van der Waals surface area contributed by atoms with Gasteiger partial charge in [0, 0.05) is 30.0 Å². The number of hydrogen-bond donors (Lipinski definition) is 1. The number of nitrogens with one attached hydrogen (secondary N) is 1. The van der Waals surface area contributed by atoms with E-state index in [1.807, 2.05) is 19.1 Å². The number of aryl methyl sites for hydroxylation is 2. The molecule has 1 N–H and O–H groups in total. The number of methoxy groups -OCH3 is 1. The molecule has 0 bridgehead atoms. The summed E-state index contributed by atoms with van der Waals surface area (Å²) in [6.07, 6.45) is 4.30. The van der Waals surface area contributed by atoms with Gasteiger partial charge in [0.25, 0.3) is 17.2 Å². The number of aromatic amines is 1. The van der Waals surface area contributed by atoms with E-state index in [9.17, 15) is 14.4 Å². The molecule has 170 valence electrons. The van der Waals surface area contributed by atoms with Crippen LogP contribution in [0, 0.1) is 6.92 Å². The average molecular weight is 468 g/mol. The van der Waals surface area contributed by atoms with Crippen molar-refractivity contribution in [3.8, 4) is 5.69 Å². The lowest BCUT2D eigenvalue weighted by Crippen LogP contribution is -2.40. The highest BCUT2D eigenvalue weighted by molar-refractivity contribution is 6.44. The van der Waals surface area contributed by atoms with Gasteiger partial charge < -0.3 is 4.74 Å². The van der Waals surface area contributed by atoms with Crippen molar-refractivity contribution in [1.82, 2.24) is 14.7 Å². The molecular weight excluding hydrogens is 444 g/mol. The van der Waals surface area contributed by atoms with Gasteiger partial charge in [-0.3, -0.25) is 24.4 Å². The Kier molecular flexibility index (Phi) is 6.31. The molecule has 8 nitrogen and oxygen atoms in total. The fraction of sp³-hybridized carbons (Fsp3) is 0.250. The van der Waals surface area contributed by atoms with Gasteiger partial charge in [0.1, 0.15) is 5.57 Å². The molecule has 0 aliphatic carbocycles. The number of imide groups is 1. The Bertz CT molecular complexity index is 1320. The van der Waals surface area contributed by atoms with Crippen LogP contribution in [0.15, 0.2) is 53.6 Å². The number of rotatable bonds is 7. The lowest BCUT2D eigenvalue weighted by molar-refractivity contribution is -0.577. The first-order valence-corrected chi connectivity index (χ1v) is 10.9. The van der Waals surface area contributed by atoms with E-state index in [0.717, 1.165) is 16.9 Å². The molecule has 0 saturated heterocycles. The van der Waals surface area contributed by atoms with Gasteiger partial charge >= 0.3 is 5.91 Å². The maximum absolute atomic E-state index is 13.5. The average Bonchev–Trinajstić information content (AvgIpc) is 3.23. The number of H-pyrrole nitrogens is 1. The summed E-state index contributed by atoms with van der Waals surface area (Å²) < 4.78 is 7.99. The van der Waals surface area contributed by atoms with Gasteiger partial charge in [0.15, 0.2) is 12.4 Å². The van der Waals surface area contributed by atoms with Gasteiger partial charge in [-0.1, -0.05) is 24.6 Å². The van der Waals surface area contributed by atoms with Crippen LogP contribution in [0.2, 0.25) is 5.02 Å². The molecule has 3 heterocycles. The fourth-order valence-corrected chi connectivity index (χ4v) is 4.08. The van der Waals surface area contributed by atoms with E-state index in [4.69, 9.17) is 16.3 Å². The molecule has 4 rings (SSSR count). The largest absolute Gasteiger partial charge is 0.383 e. The maximum atomic E-state index is 13.5. The van der Waals surface area contributed by atoms with E-state index in [2.05, 4.69) is 5.10 Å². The molecule has 0 unspecified atom stereocenters. The lowest BCUT2D eigenvalue weighted by atomic mass is 10.1. The Morgan fingerprint density at radius 2 is 1.82 bits per heavy atom. The molecule has 0 spiro atoms. The molecule has 1 aliphatic rings. The lowest BCUT2D eigenvalue weighted by Gasteiger charge is -2.12. The van der Waals surface area contributed by atoms with Crippen LogP contribution in [-0.2, 0) is 20.7 Å². The number of halogens is 1. The summed E-state index contributed by atoms with van der Waals surface area (Å²) in [5.74, 6) is -1.01. The van der Waals surface area contributed by atoms with Gasteiger partial charge in [-0.15, -0.1) is 0 Å². The predicted molar refractivity (Wildman–Crippen MR) is 124 cm³/mol. The fourth-order valence-electron chi connectivity index (χ4n) is 3.89. The third-order valence-corrected chi connectivity index (χ3v) is 5.85. The number of carbonyl (C=O) groups is 2. The number of benzene rings is 1. The Morgan fingerprint density at radius 3 is 2.45 bits per heavy atom. The number of aromatic nitrogens is 3. The summed E-state index contributed by atoms with van der Waals surface area (Å²) in [5.41, 5.74) is 1.98. The van der Waals surface area contributed by atoms with Gasteiger partial charge in [-0.25, -0.2) is 4.68 Å². The van der Waals surface area contributed by atoms with Crippen molar-refractivity contribution in [2.45, 2.75) is 20.3 Å². The summed E-state index contributed by atoms with van der Waals surface area (Å²) >= 11 is 6.10. The molecule has 9 heteroatoms. The SMILES string of the molecule is CCc1cc[n+](C2=C(c3c(C)[nH]n(-c4cccc(Cl)c4)c3=O)C(=O)N(CCOC)C2=O)cc1. The molecule has 0 atom stereocenters. The molecular formula is C24H24ClN4O4+. The number of carbonyl (C=O) groups excluding carboxylic acids is 2. The van der Waals surface area contributed by atoms with Crippen LogP contribution in [0.4, 0.5) is 0 Å². The van der Waals surface area contributed by atoms with Crippen molar-refractivity contribution >= 4 is 34.7 Å². The van der Waals surface area contributed by atoms with Crippen molar-refractivity contribution in [3.63, 3.8) is 0 Å². The van der Waals surface area contributed by atoms with Gasteiger partial charge in [-0.05, 0) is 37.1 Å². The number of ether oxygens (including phenoxy) is 1. The summed E-state index contributed by atoms with van der Waals surface area (Å²) in [5, 5.41) is 3.48. The van der Waals surface area contributed by atoms with Crippen molar-refractivity contribution in [1.29, 1.82) is 0 Å². The normalized spacial score (nSPS) is 14.0. The topological polar surface area (TPSA) is 88.3 Å². The van der Waals surface area contributed by atoms with E-state index in [1.54, 1.807) is 48.1 Å². The van der Waals surface area contributed by atoms with Crippen LogP contribution >= 0.6 is 11.6 Å². The number of amides is 2. The quantitative estimate of drug-likeness (QED) is 0.427. The van der Waals surface area contributed by atoms with Crippen LogP contribution in [0.25, 0.3) is 17.0 Å². The molecule has 0 radical (unpaired) electrons. The van der Waals surface area contributed by atoms with Crippen LogP contribution < -0.4 is 10.1 Å². The molecule has 1 aliphatic heterocycles. The highest BCUT2D eigenvalue weighted by Gasteiger charge is 2.46. The predicted octanol–water partition coefficient (Wildman–Crippen LogP) is 2.36. The Balaban J connectivity index is 1.93. The van der Waals surface area contributed by atoms with E-state index in [1.165, 1.54) is 11.8 Å². The maximum Gasteiger partial charge on any atom is 0.326 e. The van der Waals surface area contributed by atoms with Gasteiger partial charge in [0.05, 0.1) is 24.4 Å². The number of pyridine rings is 1. The number of hydrogen-bond acceptors (Lipinski definition) is 4. The zero-order valence-corrected chi connectivity index (χ0v) is 19.3. The summed E-state index contributed by atoms with van der Waals surface area (Å²) in [6, 6.07) is 10.6. The van der Waals surface area contributed by atoms with Crippen LogP contribution in [0.3, 0.4) is 0 Å². The first-order chi connectivity index (χ1) is 15.9. The zero-order chi connectivity index (χ0) is 23.7. The van der Waals surface area contributed by atoms with E-state index < -0.39 is 17.4 Å². The molecule has 2 aromatic heterocycles. The Morgan fingerprint density at radius 1 is 1.09 bits per heavy atom. The first kappa shape index (κ1) is 22.7. The van der Waals surface area contributed by atoms with E-state index in [0.29, 0.717) is 16.4 Å². The van der Waals surface area contributed by atoms with Crippen LogP contribution in [0.5, 0.6) is 0 Å². The molecule has 33 heavy (non-hydrogen) atoms. The van der Waals surface area contributed by atoms with Crippen molar-refractivity contribution < 1.29 is 18.9 Å². The van der Waals surface area contributed by atoms with E-state index >= 15 is 0 Å². The third-order valence-electron chi connectivity index (χ3n) is 5.62. The molecule has 0 fully saturated rings. The Labute approximate surface area is 195 Å². The minimum absolute atomic E-state index is 0.0601. The van der Waals surface area contributed by atoms with E-state index in [-0.39, 0.29) is 30.0 Å². The Hall–Kier alpha value is -3.49. The summed E-state index contributed by atoms with van der Waals surface area (Å²) in [7, 11) is 1.50. The highest BCUT2D eigenvalue weighted by atomic mass is 35.5. The molecule has 0 saturated carbocycles. The number of nitrogens with zero attached hydrogens (tertiary/aromatic N) is 3. The first-order valence-electron chi connectivity index (χ1n) is 10.5. The summed E-state index contributed by atoms with van der Waals surface area (Å²) in [4.78, 5) is 41.4. The smallest absolute Gasteiger partial charge is 0.326 e. The molecule has 2 amide bonds. The second kappa shape index (κ2) is 9.17. The van der Waals surface area contributed by atoms with Crippen LogP contribution in [0.1, 0.15) is 23.7 Å².